The number of aliphatic imine (C=N–C) groups is 1. The molecule has 1 aromatic rings. The molecule has 0 saturated carbocycles. The Kier molecular flexibility index (Phi) is 2.10. The molecule has 11 heavy (non-hydrogen) atoms. The Morgan fingerprint density at radius 2 is 2.45 bits per heavy atom. The molecule has 4 N–H and O–H groups in total. The fourth-order valence-electron chi connectivity index (χ4n) is 0.633. The highest BCUT2D eigenvalue weighted by atomic mass is 16.4. The lowest BCUT2D eigenvalue weighted by Gasteiger charge is -1.88. The average molecular weight is 154 g/mol. The Morgan fingerprint density at radius 1 is 1.73 bits per heavy atom. The molecule has 0 radical (unpaired) electrons. The second-order valence-corrected chi connectivity index (χ2v) is 2.11. The third kappa shape index (κ3) is 2.29. The normalized spacial score (nSPS) is 9.55. The summed E-state index contributed by atoms with van der Waals surface area (Å²) in [6.07, 6.45) is 1.62. The summed E-state index contributed by atoms with van der Waals surface area (Å²) in [5.41, 5.74) is 10.2. The summed E-state index contributed by atoms with van der Waals surface area (Å²) in [6.45, 7) is 2.11. The Bertz CT molecular complexity index is 261. The number of guanidine groups is 1. The van der Waals surface area contributed by atoms with Gasteiger partial charge in [0.25, 0.3) is 0 Å². The van der Waals surface area contributed by atoms with E-state index >= 15 is 0 Å². The van der Waals surface area contributed by atoms with Crippen LogP contribution in [0.4, 0.5) is 0 Å². The maximum Gasteiger partial charge on any atom is 0.216 e. The zero-order valence-electron chi connectivity index (χ0n) is 6.24. The summed E-state index contributed by atoms with van der Waals surface area (Å²) in [7, 11) is 0. The maximum absolute atomic E-state index is 5.11. The lowest BCUT2D eigenvalue weighted by atomic mass is 10.6. The molecule has 1 aromatic heterocycles. The van der Waals surface area contributed by atoms with Gasteiger partial charge in [0.1, 0.15) is 12.3 Å². The first-order chi connectivity index (χ1) is 5.18. The number of rotatable bonds is 2. The van der Waals surface area contributed by atoms with Gasteiger partial charge in [0.05, 0.1) is 6.20 Å². The molecule has 0 spiro atoms. The van der Waals surface area contributed by atoms with Crippen LogP contribution in [0.25, 0.3) is 0 Å². The van der Waals surface area contributed by atoms with E-state index in [0.717, 1.165) is 5.76 Å². The smallest absolute Gasteiger partial charge is 0.216 e. The first kappa shape index (κ1) is 7.59. The average Bonchev–Trinajstić information content (AvgIpc) is 2.31. The van der Waals surface area contributed by atoms with E-state index in [4.69, 9.17) is 15.9 Å². The Hall–Kier alpha value is -1.52. The number of hydrogen-bond donors (Lipinski definition) is 2. The Morgan fingerprint density at radius 3 is 2.91 bits per heavy atom. The van der Waals surface area contributed by atoms with Crippen LogP contribution in [-0.2, 0) is 6.54 Å². The van der Waals surface area contributed by atoms with Gasteiger partial charge in [-0.1, -0.05) is 0 Å². The highest BCUT2D eigenvalue weighted by molar-refractivity contribution is 5.75. The quantitative estimate of drug-likeness (QED) is 0.454. The van der Waals surface area contributed by atoms with Gasteiger partial charge in [-0.05, 0) is 6.92 Å². The zero-order chi connectivity index (χ0) is 8.27. The van der Waals surface area contributed by atoms with Crippen molar-refractivity contribution in [1.29, 1.82) is 0 Å². The van der Waals surface area contributed by atoms with Crippen LogP contribution in [0, 0.1) is 6.92 Å². The van der Waals surface area contributed by atoms with Crippen LogP contribution in [0.3, 0.4) is 0 Å². The lowest BCUT2D eigenvalue weighted by Crippen LogP contribution is -2.22. The van der Waals surface area contributed by atoms with Crippen LogP contribution >= 0.6 is 0 Å². The van der Waals surface area contributed by atoms with Gasteiger partial charge in [0.15, 0.2) is 5.96 Å². The molecule has 0 aliphatic rings. The standard InChI is InChI=1S/C6H10N4O/c1-4-2-9-5(11-4)3-10-6(7)8/h2H,3H2,1H3,(H4,7,8,10). The van der Waals surface area contributed by atoms with E-state index in [1.807, 2.05) is 6.92 Å². The number of nitrogens with two attached hydrogens (primary N) is 2. The minimum Gasteiger partial charge on any atom is -0.444 e. The van der Waals surface area contributed by atoms with Crippen molar-refractivity contribution in [1.82, 2.24) is 4.98 Å². The molecular formula is C6H10N4O. The molecule has 0 bridgehead atoms. The van der Waals surface area contributed by atoms with Gasteiger partial charge in [-0.2, -0.15) is 0 Å². The van der Waals surface area contributed by atoms with Crippen molar-refractivity contribution in [3.63, 3.8) is 0 Å². The topological polar surface area (TPSA) is 90.4 Å². The second-order valence-electron chi connectivity index (χ2n) is 2.11. The molecule has 1 rings (SSSR count). The minimum atomic E-state index is 0.0425. The summed E-state index contributed by atoms with van der Waals surface area (Å²) < 4.78 is 5.10. The van der Waals surface area contributed by atoms with Crippen LogP contribution in [0.15, 0.2) is 15.6 Å². The molecule has 0 fully saturated rings. The monoisotopic (exact) mass is 154 g/mol. The van der Waals surface area contributed by atoms with Crippen molar-refractivity contribution >= 4 is 5.96 Å². The number of nitrogens with zero attached hydrogens (tertiary/aromatic N) is 2. The second kappa shape index (κ2) is 3.05. The van der Waals surface area contributed by atoms with Crippen molar-refractivity contribution in [2.45, 2.75) is 13.5 Å². The van der Waals surface area contributed by atoms with Crippen molar-refractivity contribution in [2.24, 2.45) is 16.5 Å². The number of aryl methyl sites for hydroxylation is 1. The van der Waals surface area contributed by atoms with Crippen LogP contribution in [-0.4, -0.2) is 10.9 Å². The molecule has 0 aliphatic carbocycles. The van der Waals surface area contributed by atoms with Gasteiger partial charge < -0.3 is 15.9 Å². The number of hydrogen-bond acceptors (Lipinski definition) is 3. The van der Waals surface area contributed by atoms with Gasteiger partial charge in [0, 0.05) is 0 Å². The van der Waals surface area contributed by atoms with Gasteiger partial charge in [0.2, 0.25) is 5.89 Å². The largest absolute Gasteiger partial charge is 0.444 e. The molecular weight excluding hydrogens is 144 g/mol. The van der Waals surface area contributed by atoms with Crippen LogP contribution in [0.2, 0.25) is 0 Å². The molecule has 0 saturated heterocycles. The van der Waals surface area contributed by atoms with Crippen LogP contribution in [0.1, 0.15) is 11.7 Å². The van der Waals surface area contributed by atoms with Crippen LogP contribution < -0.4 is 11.5 Å². The summed E-state index contributed by atoms with van der Waals surface area (Å²) in [5.74, 6) is 1.32. The highest BCUT2D eigenvalue weighted by Gasteiger charge is 1.97. The molecule has 0 unspecified atom stereocenters. The van der Waals surface area contributed by atoms with E-state index in [2.05, 4.69) is 9.98 Å². The van der Waals surface area contributed by atoms with Gasteiger partial charge >= 0.3 is 0 Å². The fraction of sp³-hybridized carbons (Fsp3) is 0.333. The van der Waals surface area contributed by atoms with Crippen molar-refractivity contribution < 1.29 is 4.42 Å². The number of aromatic nitrogens is 1. The van der Waals surface area contributed by atoms with E-state index in [-0.39, 0.29) is 5.96 Å². The zero-order valence-corrected chi connectivity index (χ0v) is 6.24. The first-order valence-electron chi connectivity index (χ1n) is 3.15. The lowest BCUT2D eigenvalue weighted by molar-refractivity contribution is 0.474. The van der Waals surface area contributed by atoms with Gasteiger partial charge in [-0.3, -0.25) is 0 Å². The van der Waals surface area contributed by atoms with E-state index < -0.39 is 0 Å². The molecule has 0 amide bonds. The van der Waals surface area contributed by atoms with Gasteiger partial charge in [-0.25, -0.2) is 9.98 Å². The fourth-order valence-corrected chi connectivity index (χ4v) is 0.633. The third-order valence-electron chi connectivity index (χ3n) is 1.07. The Balaban J connectivity index is 2.58. The summed E-state index contributed by atoms with van der Waals surface area (Å²) in [4.78, 5) is 7.63. The summed E-state index contributed by atoms with van der Waals surface area (Å²) >= 11 is 0. The van der Waals surface area contributed by atoms with E-state index in [9.17, 15) is 0 Å². The SMILES string of the molecule is Cc1cnc(CN=C(N)N)o1. The molecule has 0 atom stereocenters. The maximum atomic E-state index is 5.11. The molecule has 0 aromatic carbocycles. The van der Waals surface area contributed by atoms with Gasteiger partial charge in [-0.15, -0.1) is 0 Å². The minimum absolute atomic E-state index is 0.0425. The predicted octanol–water partition coefficient (Wildman–Crippen LogP) is -0.244. The predicted molar refractivity (Wildman–Crippen MR) is 40.8 cm³/mol. The highest BCUT2D eigenvalue weighted by Crippen LogP contribution is 2.01. The van der Waals surface area contributed by atoms with Crippen LogP contribution in [0.5, 0.6) is 0 Å². The first-order valence-corrected chi connectivity index (χ1v) is 3.15. The van der Waals surface area contributed by atoms with Crippen molar-refractivity contribution in [2.75, 3.05) is 0 Å². The summed E-state index contributed by atoms with van der Waals surface area (Å²) in [6, 6.07) is 0. The third-order valence-corrected chi connectivity index (χ3v) is 1.07. The molecule has 5 nitrogen and oxygen atoms in total. The van der Waals surface area contributed by atoms with E-state index in [1.54, 1.807) is 6.20 Å². The molecule has 1 heterocycles. The van der Waals surface area contributed by atoms with E-state index in [1.165, 1.54) is 0 Å². The van der Waals surface area contributed by atoms with E-state index in [0.29, 0.717) is 12.4 Å². The van der Waals surface area contributed by atoms with Crippen molar-refractivity contribution in [3.05, 3.63) is 17.8 Å². The molecule has 0 aliphatic heterocycles. The Labute approximate surface area is 64.1 Å². The molecule has 60 valence electrons. The molecule has 5 heteroatoms. The summed E-state index contributed by atoms with van der Waals surface area (Å²) in [5, 5.41) is 0. The number of oxazole rings is 1. The van der Waals surface area contributed by atoms with Crippen molar-refractivity contribution in [3.8, 4) is 0 Å².